The molecule has 3 aromatic rings. The molecule has 0 aliphatic carbocycles. The second-order valence-electron chi connectivity index (χ2n) is 7.39. The van der Waals surface area contributed by atoms with Crippen molar-refractivity contribution in [3.05, 3.63) is 65.2 Å². The third-order valence-corrected chi connectivity index (χ3v) is 5.80. The molecule has 4 heteroatoms. The van der Waals surface area contributed by atoms with Gasteiger partial charge in [0.1, 0.15) is 0 Å². The van der Waals surface area contributed by atoms with Gasteiger partial charge in [0.15, 0.2) is 0 Å². The number of fused-ring (bicyclic) bond motifs is 1. The zero-order valence-corrected chi connectivity index (χ0v) is 16.5. The number of rotatable bonds is 7. The Balaban J connectivity index is 1.88. The highest BCUT2D eigenvalue weighted by Crippen LogP contribution is 2.32. The molecular formula is C22H26N2OS. The lowest BCUT2D eigenvalue weighted by molar-refractivity contribution is -0.126. The van der Waals surface area contributed by atoms with E-state index in [1.54, 1.807) is 11.3 Å². The van der Waals surface area contributed by atoms with Gasteiger partial charge in [-0.25, -0.2) is 4.98 Å². The van der Waals surface area contributed by atoms with E-state index in [0.717, 1.165) is 27.2 Å². The number of nitrogens with zero attached hydrogens (tertiary/aromatic N) is 1. The zero-order chi connectivity index (χ0) is 18.6. The summed E-state index contributed by atoms with van der Waals surface area (Å²) in [6, 6.07) is 18.2. The molecule has 0 bridgehead atoms. The summed E-state index contributed by atoms with van der Waals surface area (Å²) in [4.78, 5) is 17.9. The molecule has 0 aliphatic rings. The van der Waals surface area contributed by atoms with Crippen LogP contribution in [0.2, 0.25) is 0 Å². The number of carbonyl (C=O) groups is 1. The number of aromatic nitrogens is 1. The van der Waals surface area contributed by atoms with E-state index in [2.05, 4.69) is 25.2 Å². The SMILES string of the molecule is CC(C)CCNC(=O)C(C)(Cc1nc2ccccc2s1)c1ccccc1. The molecule has 26 heavy (non-hydrogen) atoms. The van der Waals surface area contributed by atoms with E-state index in [1.165, 1.54) is 0 Å². The Morgan fingerprint density at radius 2 is 1.81 bits per heavy atom. The van der Waals surface area contributed by atoms with E-state index >= 15 is 0 Å². The summed E-state index contributed by atoms with van der Waals surface area (Å²) in [5.74, 6) is 0.645. The van der Waals surface area contributed by atoms with Crippen molar-refractivity contribution < 1.29 is 4.79 Å². The van der Waals surface area contributed by atoms with Crippen molar-refractivity contribution >= 4 is 27.5 Å². The molecule has 0 saturated carbocycles. The van der Waals surface area contributed by atoms with Crippen LogP contribution in [0.3, 0.4) is 0 Å². The Hall–Kier alpha value is -2.20. The molecule has 2 aromatic carbocycles. The van der Waals surface area contributed by atoms with Gasteiger partial charge < -0.3 is 5.32 Å². The van der Waals surface area contributed by atoms with Crippen LogP contribution in [0.15, 0.2) is 54.6 Å². The molecule has 0 spiro atoms. The highest BCUT2D eigenvalue weighted by molar-refractivity contribution is 7.18. The summed E-state index contributed by atoms with van der Waals surface area (Å²) in [7, 11) is 0. The van der Waals surface area contributed by atoms with E-state index in [-0.39, 0.29) is 5.91 Å². The first-order chi connectivity index (χ1) is 12.5. The molecule has 1 N–H and O–H groups in total. The van der Waals surface area contributed by atoms with Gasteiger partial charge in [0.2, 0.25) is 5.91 Å². The number of hydrogen-bond acceptors (Lipinski definition) is 3. The third kappa shape index (κ3) is 4.13. The molecule has 1 unspecified atom stereocenters. The maximum absolute atomic E-state index is 13.1. The average molecular weight is 367 g/mol. The van der Waals surface area contributed by atoms with Crippen molar-refractivity contribution in [2.75, 3.05) is 6.54 Å². The maximum atomic E-state index is 13.1. The smallest absolute Gasteiger partial charge is 0.230 e. The van der Waals surface area contributed by atoms with Crippen LogP contribution >= 0.6 is 11.3 Å². The van der Waals surface area contributed by atoms with Gasteiger partial charge in [-0.1, -0.05) is 56.3 Å². The molecule has 0 aliphatic heterocycles. The Kier molecular flexibility index (Phi) is 5.72. The molecule has 0 radical (unpaired) electrons. The Labute approximate surface area is 159 Å². The predicted octanol–water partition coefficient (Wildman–Crippen LogP) is 4.96. The summed E-state index contributed by atoms with van der Waals surface area (Å²) in [5.41, 5.74) is 1.40. The first kappa shape index (κ1) is 18.6. The molecule has 3 nitrogen and oxygen atoms in total. The molecule has 136 valence electrons. The summed E-state index contributed by atoms with van der Waals surface area (Å²) in [6.45, 7) is 7.07. The van der Waals surface area contributed by atoms with Crippen LogP contribution < -0.4 is 5.32 Å². The predicted molar refractivity (Wildman–Crippen MR) is 110 cm³/mol. The number of nitrogens with one attached hydrogen (secondary N) is 1. The summed E-state index contributed by atoms with van der Waals surface area (Å²) < 4.78 is 1.16. The third-order valence-electron chi connectivity index (χ3n) is 4.76. The van der Waals surface area contributed by atoms with Crippen molar-refractivity contribution in [2.45, 2.75) is 39.0 Å². The summed E-state index contributed by atoms with van der Waals surface area (Å²) in [6.07, 6.45) is 1.58. The van der Waals surface area contributed by atoms with Crippen LogP contribution in [0.4, 0.5) is 0 Å². The van der Waals surface area contributed by atoms with Gasteiger partial charge >= 0.3 is 0 Å². The van der Waals surface area contributed by atoms with Crippen molar-refractivity contribution in [2.24, 2.45) is 5.92 Å². The van der Waals surface area contributed by atoms with Gasteiger partial charge in [0, 0.05) is 13.0 Å². The molecule has 1 heterocycles. The largest absolute Gasteiger partial charge is 0.355 e. The topological polar surface area (TPSA) is 42.0 Å². The number of benzene rings is 2. The summed E-state index contributed by atoms with van der Waals surface area (Å²) in [5, 5.41) is 4.14. The number of hydrogen-bond donors (Lipinski definition) is 1. The highest BCUT2D eigenvalue weighted by Gasteiger charge is 2.36. The van der Waals surface area contributed by atoms with E-state index in [4.69, 9.17) is 4.98 Å². The average Bonchev–Trinajstić information content (AvgIpc) is 3.04. The lowest BCUT2D eigenvalue weighted by Gasteiger charge is -2.28. The van der Waals surface area contributed by atoms with Crippen LogP contribution in [0.5, 0.6) is 0 Å². The second-order valence-corrected chi connectivity index (χ2v) is 8.50. The molecule has 1 aromatic heterocycles. The second kappa shape index (κ2) is 8.00. The molecule has 1 amide bonds. The summed E-state index contributed by atoms with van der Waals surface area (Å²) >= 11 is 1.67. The van der Waals surface area contributed by atoms with Crippen LogP contribution in [0, 0.1) is 5.92 Å². The van der Waals surface area contributed by atoms with Gasteiger partial charge in [0.25, 0.3) is 0 Å². The lowest BCUT2D eigenvalue weighted by Crippen LogP contribution is -2.44. The minimum absolute atomic E-state index is 0.0728. The maximum Gasteiger partial charge on any atom is 0.230 e. The molecular weight excluding hydrogens is 340 g/mol. The molecule has 3 rings (SSSR count). The molecule has 1 atom stereocenters. The first-order valence-electron chi connectivity index (χ1n) is 9.17. The van der Waals surface area contributed by atoms with Gasteiger partial charge in [0.05, 0.1) is 20.6 Å². The van der Waals surface area contributed by atoms with E-state index < -0.39 is 5.41 Å². The van der Waals surface area contributed by atoms with Crippen LogP contribution in [-0.2, 0) is 16.6 Å². The quantitative estimate of drug-likeness (QED) is 0.642. The highest BCUT2D eigenvalue weighted by atomic mass is 32.1. The Morgan fingerprint density at radius 3 is 2.50 bits per heavy atom. The van der Waals surface area contributed by atoms with Crippen molar-refractivity contribution in [1.82, 2.24) is 10.3 Å². The number of carbonyl (C=O) groups excluding carboxylic acids is 1. The van der Waals surface area contributed by atoms with Gasteiger partial charge in [-0.15, -0.1) is 11.3 Å². The van der Waals surface area contributed by atoms with E-state index in [1.807, 2.05) is 55.5 Å². The monoisotopic (exact) mass is 366 g/mol. The van der Waals surface area contributed by atoms with Gasteiger partial charge in [-0.3, -0.25) is 4.79 Å². The normalized spacial score (nSPS) is 13.7. The van der Waals surface area contributed by atoms with Crippen molar-refractivity contribution in [3.63, 3.8) is 0 Å². The van der Waals surface area contributed by atoms with Crippen LogP contribution in [0.25, 0.3) is 10.2 Å². The minimum atomic E-state index is -0.633. The lowest BCUT2D eigenvalue weighted by atomic mass is 9.78. The van der Waals surface area contributed by atoms with Crippen LogP contribution in [0.1, 0.15) is 37.8 Å². The zero-order valence-electron chi connectivity index (χ0n) is 15.7. The van der Waals surface area contributed by atoms with Gasteiger partial charge in [-0.2, -0.15) is 0 Å². The van der Waals surface area contributed by atoms with Crippen molar-refractivity contribution in [1.29, 1.82) is 0 Å². The Bertz CT molecular complexity index is 839. The minimum Gasteiger partial charge on any atom is -0.355 e. The van der Waals surface area contributed by atoms with E-state index in [9.17, 15) is 4.79 Å². The first-order valence-corrected chi connectivity index (χ1v) is 9.99. The fraction of sp³-hybridized carbons (Fsp3) is 0.364. The Morgan fingerprint density at radius 1 is 1.12 bits per heavy atom. The van der Waals surface area contributed by atoms with E-state index in [0.29, 0.717) is 18.9 Å². The van der Waals surface area contributed by atoms with Crippen LogP contribution in [-0.4, -0.2) is 17.4 Å². The fourth-order valence-electron chi connectivity index (χ4n) is 3.09. The molecule has 0 saturated heterocycles. The fourth-order valence-corrected chi connectivity index (χ4v) is 4.21. The number of thiazole rings is 1. The standard InChI is InChI=1S/C22H26N2OS/c1-16(2)13-14-23-21(25)22(3,17-9-5-4-6-10-17)15-20-24-18-11-7-8-12-19(18)26-20/h4-12,16H,13-15H2,1-3H3,(H,23,25). The number of para-hydroxylation sites is 1. The number of amides is 1. The van der Waals surface area contributed by atoms with Crippen molar-refractivity contribution in [3.8, 4) is 0 Å². The molecule has 0 fully saturated rings. The van der Waals surface area contributed by atoms with Gasteiger partial charge in [-0.05, 0) is 37.0 Å².